The molecule has 1 aliphatic heterocycles. The van der Waals surface area contributed by atoms with Gasteiger partial charge >= 0.3 is 6.09 Å². The van der Waals surface area contributed by atoms with Gasteiger partial charge in [0.05, 0.1) is 12.0 Å². The molecule has 1 aliphatic rings. The summed E-state index contributed by atoms with van der Waals surface area (Å²) in [6.07, 6.45) is 0.479. The Morgan fingerprint density at radius 2 is 1.91 bits per heavy atom. The molecule has 172 valence electrons. The van der Waals surface area contributed by atoms with Gasteiger partial charge in [0.25, 0.3) is 0 Å². The Kier molecular flexibility index (Phi) is 6.96. The molecule has 1 saturated heterocycles. The van der Waals surface area contributed by atoms with Crippen molar-refractivity contribution < 1.29 is 23.8 Å². The molecule has 0 aromatic heterocycles. The third-order valence-electron chi connectivity index (χ3n) is 5.90. The molecule has 0 saturated carbocycles. The van der Waals surface area contributed by atoms with E-state index in [1.54, 1.807) is 39.0 Å². The zero-order valence-electron chi connectivity index (χ0n) is 18.8. The number of amides is 2. The molecule has 0 aliphatic carbocycles. The van der Waals surface area contributed by atoms with E-state index >= 15 is 0 Å². The lowest BCUT2D eigenvalue weighted by molar-refractivity contribution is -0.137. The lowest BCUT2D eigenvalue weighted by atomic mass is 9.82. The van der Waals surface area contributed by atoms with Gasteiger partial charge in [-0.25, -0.2) is 14.1 Å². The van der Waals surface area contributed by atoms with E-state index in [9.17, 15) is 19.1 Å². The maximum absolute atomic E-state index is 14.2. The van der Waals surface area contributed by atoms with E-state index in [1.807, 2.05) is 19.1 Å². The Balaban J connectivity index is 1.87. The molecule has 0 radical (unpaired) electrons. The number of likely N-dealkylation sites (tertiary alicyclic amines) is 1. The highest BCUT2D eigenvalue weighted by atomic mass is 35.5. The number of hydrogen-bond acceptors (Lipinski definition) is 4. The summed E-state index contributed by atoms with van der Waals surface area (Å²) in [6.45, 7) is 6.73. The van der Waals surface area contributed by atoms with E-state index in [2.05, 4.69) is 0 Å². The summed E-state index contributed by atoms with van der Waals surface area (Å²) >= 11 is 6.00. The van der Waals surface area contributed by atoms with Crippen molar-refractivity contribution in [2.75, 3.05) is 6.61 Å². The summed E-state index contributed by atoms with van der Waals surface area (Å²) in [5.74, 6) is -0.769. The van der Waals surface area contributed by atoms with Gasteiger partial charge in [0, 0.05) is 16.6 Å². The standard InChI is InChI=1S/C25H29ClFNO4/c1-5-25(15-29)14-19(28(22(25)30)23(31)32-24(2,3)4)12-16-6-8-17(9-7-16)20-13-18(26)10-11-21(20)27/h6-11,13,19,29H,5,12,14-15H2,1-4H3/t19-,25?/m1/s1. The molecule has 1 fully saturated rings. The first-order valence-corrected chi connectivity index (χ1v) is 11.1. The summed E-state index contributed by atoms with van der Waals surface area (Å²) < 4.78 is 19.7. The fourth-order valence-electron chi connectivity index (χ4n) is 4.11. The minimum absolute atomic E-state index is 0.328. The minimum atomic E-state index is -0.995. The number of aliphatic hydroxyl groups excluding tert-OH is 1. The van der Waals surface area contributed by atoms with E-state index in [-0.39, 0.29) is 12.4 Å². The fraction of sp³-hybridized carbons (Fsp3) is 0.440. The number of nitrogens with zero attached hydrogens (tertiary/aromatic N) is 1. The SMILES string of the molecule is CCC1(CO)C[C@@H](Cc2ccc(-c3cc(Cl)ccc3F)cc2)N(C(=O)OC(C)(C)C)C1=O. The number of aliphatic hydroxyl groups is 1. The summed E-state index contributed by atoms with van der Waals surface area (Å²) in [6, 6.07) is 11.2. The van der Waals surface area contributed by atoms with Crippen LogP contribution in [0, 0.1) is 11.2 Å². The molecular formula is C25H29ClFNO4. The van der Waals surface area contributed by atoms with E-state index < -0.39 is 29.1 Å². The second-order valence-corrected chi connectivity index (χ2v) is 9.77. The van der Waals surface area contributed by atoms with E-state index in [1.165, 1.54) is 12.1 Å². The van der Waals surface area contributed by atoms with Crippen LogP contribution in [0.1, 0.15) is 46.1 Å². The maximum atomic E-state index is 14.2. The molecule has 1 unspecified atom stereocenters. The zero-order valence-corrected chi connectivity index (χ0v) is 19.6. The molecule has 32 heavy (non-hydrogen) atoms. The number of carbonyl (C=O) groups excluding carboxylic acids is 2. The quantitative estimate of drug-likeness (QED) is 0.628. The van der Waals surface area contributed by atoms with Gasteiger partial charge in [-0.1, -0.05) is 42.8 Å². The van der Waals surface area contributed by atoms with Crippen LogP contribution < -0.4 is 0 Å². The normalized spacial score (nSPS) is 21.2. The smallest absolute Gasteiger partial charge is 0.417 e. The monoisotopic (exact) mass is 461 g/mol. The summed E-state index contributed by atoms with van der Waals surface area (Å²) in [7, 11) is 0. The molecule has 2 aromatic rings. The van der Waals surface area contributed by atoms with Crippen LogP contribution in [0.15, 0.2) is 42.5 Å². The number of imide groups is 1. The molecule has 1 N–H and O–H groups in total. The Morgan fingerprint density at radius 1 is 1.25 bits per heavy atom. The van der Waals surface area contributed by atoms with Gasteiger partial charge in [-0.2, -0.15) is 0 Å². The first kappa shape index (κ1) is 24.2. The van der Waals surface area contributed by atoms with Crippen molar-refractivity contribution in [2.45, 2.75) is 58.6 Å². The van der Waals surface area contributed by atoms with Crippen LogP contribution in [0.2, 0.25) is 5.02 Å². The number of halogens is 2. The summed E-state index contributed by atoms with van der Waals surface area (Å²) in [4.78, 5) is 27.1. The maximum Gasteiger partial charge on any atom is 0.417 e. The molecule has 1 heterocycles. The van der Waals surface area contributed by atoms with Gasteiger partial charge in [0.15, 0.2) is 0 Å². The number of hydrogen-bond donors (Lipinski definition) is 1. The second-order valence-electron chi connectivity index (χ2n) is 9.33. The number of carbonyl (C=O) groups is 2. The lowest BCUT2D eigenvalue weighted by Crippen LogP contribution is -2.45. The van der Waals surface area contributed by atoms with Crippen molar-refractivity contribution in [3.8, 4) is 11.1 Å². The molecule has 5 nitrogen and oxygen atoms in total. The Hall–Kier alpha value is -2.44. The van der Waals surface area contributed by atoms with Gasteiger partial charge < -0.3 is 9.84 Å². The van der Waals surface area contributed by atoms with Crippen molar-refractivity contribution in [1.82, 2.24) is 4.90 Å². The average Bonchev–Trinajstić information content (AvgIpc) is 3.01. The largest absolute Gasteiger partial charge is 0.443 e. The Labute approximate surface area is 193 Å². The molecule has 0 bridgehead atoms. The van der Waals surface area contributed by atoms with Crippen LogP contribution >= 0.6 is 11.6 Å². The van der Waals surface area contributed by atoms with E-state index in [0.717, 1.165) is 10.5 Å². The molecule has 7 heteroatoms. The Morgan fingerprint density at radius 3 is 2.47 bits per heavy atom. The zero-order chi connectivity index (χ0) is 23.7. The Bertz CT molecular complexity index is 996. The number of ether oxygens (including phenoxy) is 1. The lowest BCUT2D eigenvalue weighted by Gasteiger charge is -2.28. The fourth-order valence-corrected chi connectivity index (χ4v) is 4.28. The third-order valence-corrected chi connectivity index (χ3v) is 6.13. The number of rotatable bonds is 5. The highest BCUT2D eigenvalue weighted by Gasteiger charge is 2.53. The molecule has 2 aromatic carbocycles. The first-order valence-electron chi connectivity index (χ1n) is 10.7. The first-order chi connectivity index (χ1) is 15.0. The van der Waals surface area contributed by atoms with Crippen LogP contribution in [-0.4, -0.2) is 40.3 Å². The highest BCUT2D eigenvalue weighted by Crippen LogP contribution is 2.41. The van der Waals surface area contributed by atoms with Gasteiger partial charge in [-0.3, -0.25) is 4.79 Å². The predicted octanol–water partition coefficient (Wildman–Crippen LogP) is 5.61. The third kappa shape index (κ3) is 4.97. The molecular weight excluding hydrogens is 433 g/mol. The van der Waals surface area contributed by atoms with Crippen LogP contribution in [-0.2, 0) is 16.0 Å². The second kappa shape index (κ2) is 9.20. The van der Waals surface area contributed by atoms with Crippen LogP contribution in [0.25, 0.3) is 11.1 Å². The topological polar surface area (TPSA) is 66.8 Å². The van der Waals surface area contributed by atoms with Gasteiger partial charge in [-0.15, -0.1) is 0 Å². The van der Waals surface area contributed by atoms with Crippen LogP contribution in [0.5, 0.6) is 0 Å². The van der Waals surface area contributed by atoms with E-state index in [0.29, 0.717) is 35.4 Å². The predicted molar refractivity (Wildman–Crippen MR) is 122 cm³/mol. The molecule has 2 atom stereocenters. The van der Waals surface area contributed by atoms with Crippen molar-refractivity contribution in [1.29, 1.82) is 0 Å². The van der Waals surface area contributed by atoms with Crippen molar-refractivity contribution >= 4 is 23.6 Å². The van der Waals surface area contributed by atoms with Gasteiger partial charge in [-0.05, 0) is 69.4 Å². The summed E-state index contributed by atoms with van der Waals surface area (Å²) in [5, 5.41) is 10.4. The molecule has 2 amide bonds. The number of benzene rings is 2. The molecule has 0 spiro atoms. The van der Waals surface area contributed by atoms with E-state index in [4.69, 9.17) is 16.3 Å². The van der Waals surface area contributed by atoms with Crippen LogP contribution in [0.3, 0.4) is 0 Å². The van der Waals surface area contributed by atoms with Crippen molar-refractivity contribution in [3.05, 3.63) is 58.9 Å². The highest BCUT2D eigenvalue weighted by molar-refractivity contribution is 6.30. The van der Waals surface area contributed by atoms with Crippen molar-refractivity contribution in [3.63, 3.8) is 0 Å². The molecule has 3 rings (SSSR count). The average molecular weight is 462 g/mol. The van der Waals surface area contributed by atoms with Gasteiger partial charge in [0.2, 0.25) is 5.91 Å². The van der Waals surface area contributed by atoms with Crippen molar-refractivity contribution in [2.24, 2.45) is 5.41 Å². The van der Waals surface area contributed by atoms with Crippen LogP contribution in [0.4, 0.5) is 9.18 Å². The summed E-state index contributed by atoms with van der Waals surface area (Å²) in [5.41, 5.74) is 0.221. The minimum Gasteiger partial charge on any atom is -0.443 e. The van der Waals surface area contributed by atoms with Gasteiger partial charge in [0.1, 0.15) is 11.4 Å².